The van der Waals surface area contributed by atoms with Crippen LogP contribution in [0.1, 0.15) is 55.0 Å². The number of nitro groups is 1. The molecule has 24 heavy (non-hydrogen) atoms. The van der Waals surface area contributed by atoms with Crippen molar-refractivity contribution >= 4 is 33.8 Å². The van der Waals surface area contributed by atoms with Gasteiger partial charge in [0.1, 0.15) is 5.69 Å². The molecule has 0 unspecified atom stereocenters. The molecule has 122 valence electrons. The van der Waals surface area contributed by atoms with Gasteiger partial charge >= 0.3 is 5.00 Å². The molecule has 0 radical (unpaired) electrons. The van der Waals surface area contributed by atoms with Crippen molar-refractivity contribution < 1.29 is 19.3 Å². The molecule has 0 atom stereocenters. The number of amides is 1. The molecule has 0 bridgehead atoms. The summed E-state index contributed by atoms with van der Waals surface area (Å²) in [6.45, 7) is 2.31. The number of nitrogens with one attached hydrogen (secondary N) is 1. The summed E-state index contributed by atoms with van der Waals surface area (Å²) in [5.74, 6) is -1.66. The van der Waals surface area contributed by atoms with Crippen molar-refractivity contribution in [1.29, 1.82) is 0 Å². The average Bonchev–Trinajstić information content (AvgIpc) is 3.03. The molecule has 8 nitrogen and oxygen atoms in total. The van der Waals surface area contributed by atoms with E-state index in [1.54, 1.807) is 0 Å². The zero-order valence-electron chi connectivity index (χ0n) is 12.5. The van der Waals surface area contributed by atoms with E-state index >= 15 is 0 Å². The molecule has 0 aliphatic heterocycles. The van der Waals surface area contributed by atoms with E-state index in [-0.39, 0.29) is 32.3 Å². The average molecular weight is 345 g/mol. The number of hydrogen-bond donors (Lipinski definition) is 1. The summed E-state index contributed by atoms with van der Waals surface area (Å²) in [6, 6.07) is 2.44. The van der Waals surface area contributed by atoms with Crippen molar-refractivity contribution in [2.75, 3.05) is 6.54 Å². The van der Waals surface area contributed by atoms with Crippen LogP contribution < -0.4 is 5.32 Å². The van der Waals surface area contributed by atoms with Gasteiger partial charge in [0, 0.05) is 18.8 Å². The maximum absolute atomic E-state index is 12.7. The van der Waals surface area contributed by atoms with E-state index in [1.807, 2.05) is 6.92 Å². The first kappa shape index (κ1) is 15.9. The van der Waals surface area contributed by atoms with Crippen molar-refractivity contribution in [3.63, 3.8) is 0 Å². The van der Waals surface area contributed by atoms with Gasteiger partial charge in [0.05, 0.1) is 26.5 Å². The summed E-state index contributed by atoms with van der Waals surface area (Å²) in [4.78, 5) is 51.6. The fraction of sp³-hybridized carbons (Fsp3) is 0.200. The van der Waals surface area contributed by atoms with E-state index in [4.69, 9.17) is 0 Å². The molecule has 3 rings (SSSR count). The van der Waals surface area contributed by atoms with Crippen molar-refractivity contribution in [2.45, 2.75) is 13.3 Å². The molecule has 0 saturated heterocycles. The summed E-state index contributed by atoms with van der Waals surface area (Å²) in [5, 5.41) is 13.3. The minimum Gasteiger partial charge on any atom is -0.352 e. The van der Waals surface area contributed by atoms with E-state index < -0.39 is 22.4 Å². The van der Waals surface area contributed by atoms with Crippen LogP contribution in [0.4, 0.5) is 5.00 Å². The molecule has 0 spiro atoms. The van der Waals surface area contributed by atoms with Crippen molar-refractivity contribution in [3.8, 4) is 0 Å². The molecular formula is C15H11N3O5S. The molecule has 0 aromatic carbocycles. The smallest absolute Gasteiger partial charge is 0.325 e. The first-order valence-corrected chi connectivity index (χ1v) is 7.92. The Labute approximate surface area is 139 Å². The summed E-state index contributed by atoms with van der Waals surface area (Å²) in [5.41, 5.74) is -0.235. The third-order valence-corrected chi connectivity index (χ3v) is 4.61. The van der Waals surface area contributed by atoms with E-state index in [2.05, 4.69) is 10.3 Å². The molecule has 2 heterocycles. The Morgan fingerprint density at radius 2 is 2.12 bits per heavy atom. The Kier molecular flexibility index (Phi) is 3.94. The molecular weight excluding hydrogens is 334 g/mol. The second-order valence-electron chi connectivity index (χ2n) is 5.08. The number of carbonyl (C=O) groups excluding carboxylic acids is 3. The molecule has 2 aromatic rings. The zero-order chi connectivity index (χ0) is 17.4. The van der Waals surface area contributed by atoms with Crippen LogP contribution in [-0.4, -0.2) is 33.9 Å². The molecule has 0 fully saturated rings. The molecule has 1 aliphatic rings. The molecule has 0 saturated carbocycles. The van der Waals surface area contributed by atoms with E-state index in [1.165, 1.54) is 12.3 Å². The maximum Gasteiger partial charge on any atom is 0.325 e. The van der Waals surface area contributed by atoms with Gasteiger partial charge in [-0.25, -0.2) is 0 Å². The predicted molar refractivity (Wildman–Crippen MR) is 84.7 cm³/mol. The largest absolute Gasteiger partial charge is 0.352 e. The summed E-state index contributed by atoms with van der Waals surface area (Å²) in [7, 11) is 0. The van der Waals surface area contributed by atoms with Crippen molar-refractivity contribution in [3.05, 3.63) is 55.7 Å². The van der Waals surface area contributed by atoms with Gasteiger partial charge in [0.2, 0.25) is 11.6 Å². The molecule has 2 aromatic heterocycles. The summed E-state index contributed by atoms with van der Waals surface area (Å²) >= 11 is 0.628. The van der Waals surface area contributed by atoms with Crippen LogP contribution >= 0.6 is 11.3 Å². The Morgan fingerprint density at radius 1 is 1.38 bits per heavy atom. The third-order valence-electron chi connectivity index (χ3n) is 3.52. The lowest BCUT2D eigenvalue weighted by molar-refractivity contribution is -0.380. The van der Waals surface area contributed by atoms with Crippen LogP contribution in [0, 0.1) is 10.1 Å². The Hall–Kier alpha value is -2.94. The number of fused-ring (bicyclic) bond motifs is 2. The van der Waals surface area contributed by atoms with E-state index in [0.717, 1.165) is 6.07 Å². The van der Waals surface area contributed by atoms with E-state index in [0.29, 0.717) is 24.3 Å². The van der Waals surface area contributed by atoms with Gasteiger partial charge in [-0.05, 0) is 12.5 Å². The topological polar surface area (TPSA) is 119 Å². The second kappa shape index (κ2) is 5.93. The first-order valence-electron chi connectivity index (χ1n) is 7.10. The number of thiophene rings is 1. The highest BCUT2D eigenvalue weighted by Crippen LogP contribution is 2.37. The van der Waals surface area contributed by atoms with Crippen LogP contribution in [0.5, 0.6) is 0 Å². The minimum atomic E-state index is -0.656. The summed E-state index contributed by atoms with van der Waals surface area (Å²) < 4.78 is 0. The van der Waals surface area contributed by atoms with Gasteiger partial charge in [-0.2, -0.15) is 0 Å². The summed E-state index contributed by atoms with van der Waals surface area (Å²) in [6.07, 6.45) is 1.99. The van der Waals surface area contributed by atoms with Gasteiger partial charge in [0.25, 0.3) is 5.91 Å². The Balaban J connectivity index is 2.14. The van der Waals surface area contributed by atoms with Crippen LogP contribution in [0.2, 0.25) is 0 Å². The Bertz CT molecular complexity index is 903. The standard InChI is InChI=1S/C15H11N3O5S/c1-2-4-17-15(21)7-3-5-16-11-10(7)13(20)14-8(12(11)19)6-9(24-14)18(22)23/h3,5-6H,2,4H2,1H3,(H,17,21). The molecule has 1 amide bonds. The molecule has 1 aliphatic carbocycles. The van der Waals surface area contributed by atoms with Crippen LogP contribution in [0.25, 0.3) is 0 Å². The lowest BCUT2D eigenvalue weighted by atomic mass is 9.89. The third kappa shape index (κ3) is 2.38. The highest BCUT2D eigenvalue weighted by Gasteiger charge is 2.38. The number of nitrogens with zero attached hydrogens (tertiary/aromatic N) is 2. The van der Waals surface area contributed by atoms with E-state index in [9.17, 15) is 24.5 Å². The van der Waals surface area contributed by atoms with Crippen molar-refractivity contribution in [1.82, 2.24) is 10.3 Å². The monoisotopic (exact) mass is 345 g/mol. The quantitative estimate of drug-likeness (QED) is 0.570. The lowest BCUT2D eigenvalue weighted by Crippen LogP contribution is -2.29. The maximum atomic E-state index is 12.7. The lowest BCUT2D eigenvalue weighted by Gasteiger charge is -2.16. The highest BCUT2D eigenvalue weighted by atomic mass is 32.1. The first-order chi connectivity index (χ1) is 11.5. The normalized spacial score (nSPS) is 12.5. The molecule has 1 N–H and O–H groups in total. The highest BCUT2D eigenvalue weighted by molar-refractivity contribution is 7.18. The van der Waals surface area contributed by atoms with Crippen molar-refractivity contribution in [2.24, 2.45) is 0 Å². The number of pyridine rings is 1. The number of aromatic nitrogens is 1. The van der Waals surface area contributed by atoms with Crippen LogP contribution in [0.15, 0.2) is 18.3 Å². The number of hydrogen-bond acceptors (Lipinski definition) is 7. The van der Waals surface area contributed by atoms with Gasteiger partial charge in [-0.15, -0.1) is 0 Å². The van der Waals surface area contributed by atoms with Gasteiger partial charge < -0.3 is 5.32 Å². The Morgan fingerprint density at radius 3 is 2.79 bits per heavy atom. The van der Waals surface area contributed by atoms with Gasteiger partial charge in [0.15, 0.2) is 0 Å². The van der Waals surface area contributed by atoms with Crippen LogP contribution in [0.3, 0.4) is 0 Å². The number of rotatable bonds is 4. The van der Waals surface area contributed by atoms with Crippen LogP contribution in [-0.2, 0) is 0 Å². The SMILES string of the molecule is CCCNC(=O)c1ccnc2c1C(=O)c1sc([N+](=O)[O-])cc1C2=O. The second-order valence-corrected chi connectivity index (χ2v) is 6.11. The number of ketones is 2. The molecule has 9 heteroatoms. The fourth-order valence-electron chi connectivity index (χ4n) is 2.43. The van der Waals surface area contributed by atoms with Gasteiger partial charge in [-0.3, -0.25) is 29.5 Å². The predicted octanol–water partition coefficient (Wildman–Crippen LogP) is 1.97. The fourth-order valence-corrected chi connectivity index (χ4v) is 3.35. The number of carbonyl (C=O) groups is 3. The van der Waals surface area contributed by atoms with Gasteiger partial charge in [-0.1, -0.05) is 18.3 Å². The minimum absolute atomic E-state index is 0.0308. The zero-order valence-corrected chi connectivity index (χ0v) is 13.3.